The number of benzene rings is 2. The van der Waals surface area contributed by atoms with Crippen LogP contribution in [-0.2, 0) is 6.42 Å². The quantitative estimate of drug-likeness (QED) is 0.694. The molecule has 28 heavy (non-hydrogen) atoms. The second-order valence-electron chi connectivity index (χ2n) is 7.14. The third kappa shape index (κ3) is 4.58. The molecule has 0 fully saturated rings. The summed E-state index contributed by atoms with van der Waals surface area (Å²) in [6, 6.07) is 16.3. The standard InChI is InChI=1S/C21H20ClN3O3/c1-21(2,13-15-6-3-4-9-17(15)22)23-20(28)14-7-5-8-16(12-14)25-19(27)11-10-18(26)24-25/h3-12H,13H2,1-2H3,(H,23,28)(H,24,26). The van der Waals surface area contributed by atoms with E-state index in [9.17, 15) is 14.4 Å². The number of hydrogen-bond donors (Lipinski definition) is 2. The summed E-state index contributed by atoms with van der Waals surface area (Å²) in [5.41, 5.74) is 0.374. The van der Waals surface area contributed by atoms with Crippen LogP contribution in [0.15, 0.2) is 70.3 Å². The largest absolute Gasteiger partial charge is 0.347 e. The Morgan fingerprint density at radius 1 is 1.07 bits per heavy atom. The Balaban J connectivity index is 1.83. The van der Waals surface area contributed by atoms with Crippen LogP contribution in [0.2, 0.25) is 5.02 Å². The zero-order valence-electron chi connectivity index (χ0n) is 15.5. The first-order chi connectivity index (χ1) is 13.2. The number of aromatic amines is 1. The van der Waals surface area contributed by atoms with Crippen LogP contribution in [0.3, 0.4) is 0 Å². The lowest BCUT2D eigenvalue weighted by molar-refractivity contribution is 0.0913. The number of amides is 1. The molecule has 1 aromatic heterocycles. The van der Waals surface area contributed by atoms with Crippen LogP contribution in [0, 0.1) is 0 Å². The summed E-state index contributed by atoms with van der Waals surface area (Å²) in [7, 11) is 0. The highest BCUT2D eigenvalue weighted by atomic mass is 35.5. The van der Waals surface area contributed by atoms with Gasteiger partial charge in [-0.1, -0.05) is 35.9 Å². The summed E-state index contributed by atoms with van der Waals surface area (Å²) in [5.74, 6) is -0.287. The van der Waals surface area contributed by atoms with Gasteiger partial charge in [0.1, 0.15) is 0 Å². The Morgan fingerprint density at radius 2 is 1.82 bits per heavy atom. The number of rotatable bonds is 5. The third-order valence-corrected chi connectivity index (χ3v) is 4.60. The Bertz CT molecular complexity index is 1130. The number of carbonyl (C=O) groups is 1. The number of nitrogens with zero attached hydrogens (tertiary/aromatic N) is 1. The molecular formula is C21H20ClN3O3. The van der Waals surface area contributed by atoms with Crippen molar-refractivity contribution in [3.8, 4) is 5.69 Å². The first-order valence-corrected chi connectivity index (χ1v) is 9.12. The molecular weight excluding hydrogens is 378 g/mol. The molecule has 3 rings (SSSR count). The van der Waals surface area contributed by atoms with Gasteiger partial charge in [-0.25, -0.2) is 4.68 Å². The van der Waals surface area contributed by atoms with E-state index in [2.05, 4.69) is 10.4 Å². The lowest BCUT2D eigenvalue weighted by Crippen LogP contribution is -2.45. The van der Waals surface area contributed by atoms with Gasteiger partial charge in [0.2, 0.25) is 0 Å². The SMILES string of the molecule is CC(C)(Cc1ccccc1Cl)NC(=O)c1cccc(-n2[nH]c(=O)ccc2=O)c1. The van der Waals surface area contributed by atoms with Crippen molar-refractivity contribution in [1.82, 2.24) is 15.1 Å². The van der Waals surface area contributed by atoms with Gasteiger partial charge in [-0.2, -0.15) is 0 Å². The number of nitrogens with one attached hydrogen (secondary N) is 2. The minimum absolute atomic E-state index is 0.287. The van der Waals surface area contributed by atoms with E-state index in [1.165, 1.54) is 6.07 Å². The van der Waals surface area contributed by atoms with Crippen LogP contribution in [0.5, 0.6) is 0 Å². The number of aromatic nitrogens is 2. The maximum atomic E-state index is 12.8. The molecule has 0 unspecified atom stereocenters. The number of carbonyl (C=O) groups excluding carboxylic acids is 1. The molecule has 1 amide bonds. The van der Waals surface area contributed by atoms with Crippen LogP contribution in [0.1, 0.15) is 29.8 Å². The molecule has 3 aromatic rings. The topological polar surface area (TPSA) is 84.0 Å². The summed E-state index contributed by atoms with van der Waals surface area (Å²) in [6.45, 7) is 3.83. The van der Waals surface area contributed by atoms with Crippen molar-refractivity contribution in [3.63, 3.8) is 0 Å². The van der Waals surface area contributed by atoms with Crippen LogP contribution >= 0.6 is 11.6 Å². The van der Waals surface area contributed by atoms with Crippen molar-refractivity contribution in [3.05, 3.63) is 97.5 Å². The highest BCUT2D eigenvalue weighted by Gasteiger charge is 2.23. The third-order valence-electron chi connectivity index (χ3n) is 4.23. The lowest BCUT2D eigenvalue weighted by Gasteiger charge is -2.27. The number of halogens is 1. The van der Waals surface area contributed by atoms with Gasteiger partial charge in [-0.15, -0.1) is 0 Å². The van der Waals surface area contributed by atoms with Gasteiger partial charge in [0.05, 0.1) is 5.69 Å². The van der Waals surface area contributed by atoms with Gasteiger partial charge in [-0.3, -0.25) is 19.5 Å². The molecule has 0 saturated heterocycles. The summed E-state index contributed by atoms with van der Waals surface area (Å²) in [6.07, 6.45) is 0.559. The van der Waals surface area contributed by atoms with Gasteiger partial charge >= 0.3 is 0 Å². The number of hydrogen-bond acceptors (Lipinski definition) is 3. The van der Waals surface area contributed by atoms with E-state index in [1.54, 1.807) is 24.3 Å². The summed E-state index contributed by atoms with van der Waals surface area (Å²) >= 11 is 6.23. The second kappa shape index (κ2) is 7.86. The molecule has 0 aliphatic rings. The molecule has 2 aromatic carbocycles. The van der Waals surface area contributed by atoms with E-state index in [-0.39, 0.29) is 5.91 Å². The lowest BCUT2D eigenvalue weighted by atomic mass is 9.94. The molecule has 0 aliphatic heterocycles. The molecule has 7 heteroatoms. The Hall–Kier alpha value is -3.12. The fourth-order valence-electron chi connectivity index (χ4n) is 2.94. The summed E-state index contributed by atoms with van der Waals surface area (Å²) in [5, 5.41) is 6.10. The summed E-state index contributed by atoms with van der Waals surface area (Å²) < 4.78 is 1.11. The maximum absolute atomic E-state index is 12.8. The predicted molar refractivity (Wildman–Crippen MR) is 109 cm³/mol. The fourth-order valence-corrected chi connectivity index (χ4v) is 3.15. The first kappa shape index (κ1) is 19.6. The minimum atomic E-state index is -0.546. The molecule has 0 saturated carbocycles. The van der Waals surface area contributed by atoms with Gasteiger partial charge in [0.15, 0.2) is 0 Å². The molecule has 6 nitrogen and oxygen atoms in total. The monoisotopic (exact) mass is 397 g/mol. The van der Waals surface area contributed by atoms with Gasteiger partial charge in [0, 0.05) is 28.3 Å². The van der Waals surface area contributed by atoms with Crippen molar-refractivity contribution >= 4 is 17.5 Å². The van der Waals surface area contributed by atoms with Gasteiger partial charge < -0.3 is 5.32 Å². The Morgan fingerprint density at radius 3 is 2.57 bits per heavy atom. The Labute approximate surface area is 166 Å². The fraction of sp³-hybridized carbons (Fsp3) is 0.190. The van der Waals surface area contributed by atoms with Crippen molar-refractivity contribution in [2.24, 2.45) is 0 Å². The average Bonchev–Trinajstić information content (AvgIpc) is 2.65. The van der Waals surface area contributed by atoms with Crippen LogP contribution < -0.4 is 16.4 Å². The highest BCUT2D eigenvalue weighted by Crippen LogP contribution is 2.21. The average molecular weight is 398 g/mol. The van der Waals surface area contributed by atoms with E-state index in [1.807, 2.05) is 38.1 Å². The Kier molecular flexibility index (Phi) is 5.51. The molecule has 0 spiro atoms. The molecule has 2 N–H and O–H groups in total. The van der Waals surface area contributed by atoms with E-state index in [0.29, 0.717) is 22.7 Å². The highest BCUT2D eigenvalue weighted by molar-refractivity contribution is 6.31. The molecule has 0 radical (unpaired) electrons. The molecule has 1 heterocycles. The summed E-state index contributed by atoms with van der Waals surface area (Å²) in [4.78, 5) is 36.3. The number of H-pyrrole nitrogens is 1. The van der Waals surface area contributed by atoms with Crippen LogP contribution in [0.4, 0.5) is 0 Å². The van der Waals surface area contributed by atoms with E-state index in [0.717, 1.165) is 16.3 Å². The van der Waals surface area contributed by atoms with Gasteiger partial charge in [0.25, 0.3) is 17.0 Å². The first-order valence-electron chi connectivity index (χ1n) is 8.74. The van der Waals surface area contributed by atoms with Crippen molar-refractivity contribution < 1.29 is 4.79 Å². The van der Waals surface area contributed by atoms with E-state index >= 15 is 0 Å². The molecule has 144 valence electrons. The van der Waals surface area contributed by atoms with Crippen molar-refractivity contribution in [2.45, 2.75) is 25.8 Å². The smallest absolute Gasteiger partial charge is 0.269 e. The maximum Gasteiger partial charge on any atom is 0.269 e. The van der Waals surface area contributed by atoms with Crippen molar-refractivity contribution in [1.29, 1.82) is 0 Å². The zero-order valence-corrected chi connectivity index (χ0v) is 16.3. The molecule has 0 aliphatic carbocycles. The van der Waals surface area contributed by atoms with E-state index < -0.39 is 16.7 Å². The van der Waals surface area contributed by atoms with Crippen LogP contribution in [-0.4, -0.2) is 21.2 Å². The minimum Gasteiger partial charge on any atom is -0.347 e. The normalized spacial score (nSPS) is 11.2. The molecule has 0 bridgehead atoms. The van der Waals surface area contributed by atoms with Crippen molar-refractivity contribution in [2.75, 3.05) is 0 Å². The molecule has 0 atom stereocenters. The van der Waals surface area contributed by atoms with Gasteiger partial charge in [-0.05, 0) is 50.1 Å². The van der Waals surface area contributed by atoms with E-state index in [4.69, 9.17) is 11.6 Å². The van der Waals surface area contributed by atoms with Crippen LogP contribution in [0.25, 0.3) is 5.69 Å². The zero-order chi connectivity index (χ0) is 20.3. The second-order valence-corrected chi connectivity index (χ2v) is 7.55. The predicted octanol–water partition coefficient (Wildman–Crippen LogP) is 2.93.